The van der Waals surface area contributed by atoms with Crippen LogP contribution in [0.5, 0.6) is 5.75 Å². The molecule has 14 heteroatoms. The van der Waals surface area contributed by atoms with E-state index >= 15 is 4.39 Å². The number of ether oxygens (including phenoxy) is 1. The summed E-state index contributed by atoms with van der Waals surface area (Å²) < 4.78 is 71.8. The van der Waals surface area contributed by atoms with Crippen LogP contribution in [0.3, 0.4) is 0 Å². The number of Topliss-reactive ketones (excluding diaryl/α,β-unsaturated/α-hetero) is 1. The summed E-state index contributed by atoms with van der Waals surface area (Å²) in [4.78, 5) is 61.8. The molecule has 44 heavy (non-hydrogen) atoms. The highest BCUT2D eigenvalue weighted by Gasteiger charge is 2.53. The molecule has 0 spiro atoms. The maximum absolute atomic E-state index is 15.7. The summed E-state index contributed by atoms with van der Waals surface area (Å²) in [5.41, 5.74) is -6.38. The number of halogens is 5. The molecule has 0 saturated heterocycles. The second kappa shape index (κ2) is 11.7. The van der Waals surface area contributed by atoms with E-state index in [1.165, 1.54) is 6.20 Å². The first-order chi connectivity index (χ1) is 20.7. The highest BCUT2D eigenvalue weighted by Crippen LogP contribution is 2.50. The predicted octanol–water partition coefficient (Wildman–Crippen LogP) is 4.68. The van der Waals surface area contributed by atoms with Crippen molar-refractivity contribution >= 4 is 48.0 Å². The Balaban J connectivity index is 1.72. The SMILES string of the molecule is CC1(CN/C=C(\C=N)c2c(F)cc(NC(=O)C3(c4ccc(OC(F)(F)F)cc4F)CC3)cc2C(=O)C(C=O)(C=O)C=O)CC1. The van der Waals surface area contributed by atoms with E-state index in [0.717, 1.165) is 37.1 Å². The highest BCUT2D eigenvalue weighted by molar-refractivity contribution is 6.31. The summed E-state index contributed by atoms with van der Waals surface area (Å²) in [6.07, 6.45) is -1.68. The van der Waals surface area contributed by atoms with Crippen molar-refractivity contribution in [1.29, 1.82) is 5.41 Å². The van der Waals surface area contributed by atoms with E-state index in [9.17, 15) is 41.5 Å². The molecule has 0 atom stereocenters. The summed E-state index contributed by atoms with van der Waals surface area (Å²) in [6, 6.07) is 3.98. The lowest BCUT2D eigenvalue weighted by Crippen LogP contribution is -2.37. The number of alkyl halides is 3. The minimum Gasteiger partial charge on any atom is -0.406 e. The first-order valence-electron chi connectivity index (χ1n) is 13.3. The van der Waals surface area contributed by atoms with E-state index in [2.05, 4.69) is 15.4 Å². The first-order valence-corrected chi connectivity index (χ1v) is 13.3. The lowest BCUT2D eigenvalue weighted by molar-refractivity contribution is -0.274. The molecule has 2 aliphatic carbocycles. The van der Waals surface area contributed by atoms with Crippen molar-refractivity contribution < 1.29 is 50.7 Å². The van der Waals surface area contributed by atoms with E-state index in [0.29, 0.717) is 18.8 Å². The molecule has 0 bridgehead atoms. The molecule has 0 radical (unpaired) electrons. The van der Waals surface area contributed by atoms with Crippen molar-refractivity contribution in [3.63, 3.8) is 0 Å². The smallest absolute Gasteiger partial charge is 0.406 e. The number of ketones is 1. The van der Waals surface area contributed by atoms with Gasteiger partial charge in [0.15, 0.2) is 11.2 Å². The Morgan fingerprint density at radius 2 is 1.61 bits per heavy atom. The Bertz CT molecular complexity index is 1560. The number of benzene rings is 2. The van der Waals surface area contributed by atoms with Crippen molar-refractivity contribution in [2.75, 3.05) is 11.9 Å². The van der Waals surface area contributed by atoms with Crippen LogP contribution in [-0.4, -0.2) is 49.7 Å². The Hall–Kier alpha value is -4.75. The maximum Gasteiger partial charge on any atom is 0.573 e. The molecule has 2 saturated carbocycles. The lowest BCUT2D eigenvalue weighted by Gasteiger charge is -2.20. The van der Waals surface area contributed by atoms with Crippen LogP contribution in [0.2, 0.25) is 0 Å². The van der Waals surface area contributed by atoms with Crippen molar-refractivity contribution in [3.05, 3.63) is 64.9 Å². The van der Waals surface area contributed by atoms with Gasteiger partial charge in [0.2, 0.25) is 5.91 Å². The average molecular weight is 620 g/mol. The molecule has 2 fully saturated rings. The van der Waals surface area contributed by atoms with Crippen LogP contribution in [0.25, 0.3) is 5.57 Å². The standard InChI is InChI=1S/C30H26F5N3O6/c1-27(4-5-27)13-37-12-17(11-36)24-20(25(42)28(14-39,15-40)16-41)8-18(9-23(24)32)38-26(43)29(6-7-29)21-3-2-19(10-22(21)31)44-30(33,34)35/h2-3,8-12,14-16,36-37H,4-7,13H2,1H3,(H,38,43)/b17-12+,36-11?. The van der Waals surface area contributed by atoms with Gasteiger partial charge >= 0.3 is 6.36 Å². The summed E-state index contributed by atoms with van der Waals surface area (Å²) in [5.74, 6) is -5.46. The lowest BCUT2D eigenvalue weighted by atomic mass is 9.81. The first kappa shape index (κ1) is 32.2. The van der Waals surface area contributed by atoms with Gasteiger partial charge < -0.3 is 35.2 Å². The highest BCUT2D eigenvalue weighted by atomic mass is 19.4. The van der Waals surface area contributed by atoms with Crippen LogP contribution >= 0.6 is 0 Å². The molecule has 2 aliphatic rings. The zero-order valence-corrected chi connectivity index (χ0v) is 23.1. The minimum atomic E-state index is -5.07. The minimum absolute atomic E-state index is 0.000590. The van der Waals surface area contributed by atoms with Crippen LogP contribution in [0.1, 0.15) is 54.1 Å². The number of carbonyl (C=O) groups excluding carboxylic acids is 5. The molecule has 2 aromatic carbocycles. The zero-order chi connectivity index (χ0) is 32.5. The zero-order valence-electron chi connectivity index (χ0n) is 23.1. The third-order valence-corrected chi connectivity index (χ3v) is 7.78. The Kier molecular flexibility index (Phi) is 8.58. The largest absolute Gasteiger partial charge is 0.573 e. The predicted molar refractivity (Wildman–Crippen MR) is 146 cm³/mol. The van der Waals surface area contributed by atoms with Crippen molar-refractivity contribution in [2.24, 2.45) is 10.8 Å². The summed E-state index contributed by atoms with van der Waals surface area (Å²) >= 11 is 0. The molecule has 3 N–H and O–H groups in total. The van der Waals surface area contributed by atoms with Gasteiger partial charge in [-0.1, -0.05) is 13.0 Å². The molecule has 0 heterocycles. The van der Waals surface area contributed by atoms with Gasteiger partial charge in [-0.2, -0.15) is 0 Å². The molecular formula is C30H26F5N3O6. The monoisotopic (exact) mass is 619 g/mol. The maximum atomic E-state index is 15.7. The number of rotatable bonds is 14. The van der Waals surface area contributed by atoms with E-state index in [4.69, 9.17) is 5.41 Å². The van der Waals surface area contributed by atoms with Gasteiger partial charge in [-0.05, 0) is 49.3 Å². The number of carbonyl (C=O) groups is 5. The van der Waals surface area contributed by atoms with Gasteiger partial charge in [0.25, 0.3) is 0 Å². The Morgan fingerprint density at radius 3 is 2.11 bits per heavy atom. The normalized spacial score (nSPS) is 16.7. The van der Waals surface area contributed by atoms with E-state index in [1.807, 2.05) is 6.92 Å². The van der Waals surface area contributed by atoms with E-state index in [1.54, 1.807) is 0 Å². The average Bonchev–Trinajstić information content (AvgIpc) is 3.89. The number of hydrogen-bond donors (Lipinski definition) is 3. The number of anilines is 1. The Morgan fingerprint density at radius 1 is 0.977 bits per heavy atom. The van der Waals surface area contributed by atoms with E-state index in [-0.39, 0.29) is 53.9 Å². The number of hydrogen-bond acceptors (Lipinski definition) is 8. The molecule has 4 rings (SSSR count). The number of allylic oxidation sites excluding steroid dienone is 1. The molecule has 0 aromatic heterocycles. The molecule has 232 valence electrons. The van der Waals surface area contributed by atoms with E-state index < -0.39 is 57.4 Å². The van der Waals surface area contributed by atoms with Gasteiger partial charge in [0.05, 0.1) is 5.41 Å². The van der Waals surface area contributed by atoms with Crippen LogP contribution < -0.4 is 15.4 Å². The van der Waals surface area contributed by atoms with Gasteiger partial charge in [-0.3, -0.25) is 9.59 Å². The van der Waals surface area contributed by atoms with Crippen LogP contribution in [0.15, 0.2) is 36.5 Å². The summed E-state index contributed by atoms with van der Waals surface area (Å²) in [7, 11) is 0. The van der Waals surface area contributed by atoms with Crippen molar-refractivity contribution in [2.45, 2.75) is 44.4 Å². The van der Waals surface area contributed by atoms with Crippen LogP contribution in [0.4, 0.5) is 27.6 Å². The number of amides is 1. The number of nitrogens with one attached hydrogen (secondary N) is 3. The second-order valence-electron chi connectivity index (χ2n) is 11.2. The molecular weight excluding hydrogens is 593 g/mol. The summed E-state index contributed by atoms with van der Waals surface area (Å²) in [5, 5.41) is 13.1. The third-order valence-electron chi connectivity index (χ3n) is 7.78. The van der Waals surface area contributed by atoms with Gasteiger partial charge in [0, 0.05) is 53.0 Å². The van der Waals surface area contributed by atoms with Crippen molar-refractivity contribution in [1.82, 2.24) is 5.32 Å². The molecule has 2 aromatic rings. The Labute approximate surface area is 247 Å². The quantitative estimate of drug-likeness (QED) is 0.0917. The molecule has 9 nitrogen and oxygen atoms in total. The van der Waals surface area contributed by atoms with Gasteiger partial charge in [-0.25, -0.2) is 8.78 Å². The molecule has 1 amide bonds. The van der Waals surface area contributed by atoms with Crippen LogP contribution in [-0.2, 0) is 24.6 Å². The number of aldehydes is 3. The van der Waals surface area contributed by atoms with Gasteiger partial charge in [0.1, 0.15) is 36.2 Å². The molecule has 0 aliphatic heterocycles. The molecule has 0 unspecified atom stereocenters. The van der Waals surface area contributed by atoms with Crippen molar-refractivity contribution in [3.8, 4) is 5.75 Å². The topological polar surface area (TPSA) is 142 Å². The van der Waals surface area contributed by atoms with Gasteiger partial charge in [-0.15, -0.1) is 13.2 Å². The fourth-order valence-electron chi connectivity index (χ4n) is 4.69. The fourth-order valence-corrected chi connectivity index (χ4v) is 4.69. The fraction of sp³-hybridized carbons (Fsp3) is 0.333. The van der Waals surface area contributed by atoms with Crippen LogP contribution in [0, 0.1) is 27.9 Å². The summed E-state index contributed by atoms with van der Waals surface area (Å²) in [6.45, 7) is 2.47. The second-order valence-corrected chi connectivity index (χ2v) is 11.2. The third kappa shape index (κ3) is 6.43.